The number of benzene rings is 1. The Morgan fingerprint density at radius 1 is 1.10 bits per heavy atom. The molecule has 0 atom stereocenters. The Morgan fingerprint density at radius 2 is 1.84 bits per heavy atom. The lowest BCUT2D eigenvalue weighted by Crippen LogP contribution is -2.37. The summed E-state index contributed by atoms with van der Waals surface area (Å²) >= 11 is 1.50. The van der Waals surface area contributed by atoms with E-state index in [0.29, 0.717) is 0 Å². The van der Waals surface area contributed by atoms with Gasteiger partial charge < -0.3 is 4.74 Å². The van der Waals surface area contributed by atoms with E-state index in [1.807, 2.05) is 19.1 Å². The molecular weight excluding hydrogens is 433 g/mol. The molecule has 0 fully saturated rings. The normalized spacial score (nSPS) is 11.9. The van der Waals surface area contributed by atoms with Crippen LogP contribution in [-0.4, -0.2) is 18.7 Å². The van der Waals surface area contributed by atoms with Gasteiger partial charge in [0.15, 0.2) is 11.2 Å². The number of halogens is 3. The van der Waals surface area contributed by atoms with E-state index in [1.165, 1.54) is 46.7 Å². The Labute approximate surface area is 177 Å². The second-order valence-electron chi connectivity index (χ2n) is 7.00. The first-order valence-corrected chi connectivity index (χ1v) is 9.94. The highest BCUT2D eigenvalue weighted by molar-refractivity contribution is 7.11. The van der Waals surface area contributed by atoms with Crippen molar-refractivity contribution in [3.05, 3.63) is 72.6 Å². The van der Waals surface area contributed by atoms with E-state index in [-0.39, 0.29) is 29.5 Å². The number of hydrogen-bond acceptors (Lipinski definition) is 5. The minimum atomic E-state index is -4.53. The molecule has 162 valence electrons. The number of nitrogens with zero attached hydrogens (tertiary/aromatic N) is 4. The first kappa shape index (κ1) is 20.9. The van der Waals surface area contributed by atoms with Gasteiger partial charge >= 0.3 is 17.9 Å². The third-order valence-electron chi connectivity index (χ3n) is 4.79. The van der Waals surface area contributed by atoms with Crippen molar-refractivity contribution in [2.75, 3.05) is 0 Å². The van der Waals surface area contributed by atoms with Crippen LogP contribution < -0.4 is 16.0 Å². The molecule has 0 spiro atoms. The molecule has 0 aliphatic carbocycles. The first-order valence-electron chi connectivity index (χ1n) is 9.13. The molecule has 3 heterocycles. The van der Waals surface area contributed by atoms with Gasteiger partial charge in [0.1, 0.15) is 5.75 Å². The minimum Gasteiger partial charge on any atom is -0.425 e. The quantitative estimate of drug-likeness (QED) is 0.476. The van der Waals surface area contributed by atoms with E-state index in [1.54, 1.807) is 0 Å². The molecule has 1 aromatic carbocycles. The lowest BCUT2D eigenvalue weighted by molar-refractivity contribution is -0.137. The van der Waals surface area contributed by atoms with Gasteiger partial charge in [0.2, 0.25) is 0 Å². The molecule has 11 heteroatoms. The van der Waals surface area contributed by atoms with Crippen LogP contribution in [0, 0.1) is 6.92 Å². The van der Waals surface area contributed by atoms with Crippen LogP contribution in [0.15, 0.2) is 46.0 Å². The maximum absolute atomic E-state index is 13.1. The van der Waals surface area contributed by atoms with Crippen molar-refractivity contribution in [1.82, 2.24) is 18.7 Å². The fraction of sp³-hybridized carbons (Fsp3) is 0.250. The van der Waals surface area contributed by atoms with Crippen LogP contribution >= 0.6 is 11.3 Å². The van der Waals surface area contributed by atoms with Crippen molar-refractivity contribution in [3.63, 3.8) is 0 Å². The Bertz CT molecular complexity index is 1410. The second-order valence-corrected chi connectivity index (χ2v) is 8.37. The SMILES string of the molecule is Cc1ccc(Cn2c(Oc3cccc(C(F)(F)F)c3)nc3c2c(=O)n(C)c(=O)n3C)s1. The highest BCUT2D eigenvalue weighted by atomic mass is 32.1. The Kier molecular flexibility index (Phi) is 5.00. The van der Waals surface area contributed by atoms with Gasteiger partial charge in [0.05, 0.1) is 12.1 Å². The van der Waals surface area contributed by atoms with Crippen LogP contribution in [0.5, 0.6) is 11.8 Å². The third kappa shape index (κ3) is 3.76. The molecule has 0 radical (unpaired) electrons. The van der Waals surface area contributed by atoms with Crippen molar-refractivity contribution in [2.45, 2.75) is 19.6 Å². The van der Waals surface area contributed by atoms with Crippen molar-refractivity contribution in [2.24, 2.45) is 14.1 Å². The number of thiophene rings is 1. The summed E-state index contributed by atoms with van der Waals surface area (Å²) in [6, 6.07) is 8.10. The van der Waals surface area contributed by atoms with Crippen LogP contribution in [0.1, 0.15) is 15.3 Å². The Hall–Kier alpha value is -3.34. The number of fused-ring (bicyclic) bond motifs is 1. The molecule has 4 rings (SSSR count). The van der Waals surface area contributed by atoms with E-state index in [2.05, 4.69) is 4.98 Å². The monoisotopic (exact) mass is 450 g/mol. The summed E-state index contributed by atoms with van der Waals surface area (Å²) in [6.45, 7) is 2.14. The lowest BCUT2D eigenvalue weighted by Gasteiger charge is -2.11. The summed E-state index contributed by atoms with van der Waals surface area (Å²) in [6.07, 6.45) is -4.53. The summed E-state index contributed by atoms with van der Waals surface area (Å²) in [7, 11) is 2.81. The number of ether oxygens (including phenoxy) is 1. The number of aryl methyl sites for hydroxylation is 2. The van der Waals surface area contributed by atoms with E-state index in [9.17, 15) is 22.8 Å². The molecule has 0 saturated heterocycles. The molecule has 0 aliphatic rings. The summed E-state index contributed by atoms with van der Waals surface area (Å²) < 4.78 is 48.6. The lowest BCUT2D eigenvalue weighted by atomic mass is 10.2. The predicted octanol–water partition coefficient (Wildman–Crippen LogP) is 3.66. The average Bonchev–Trinajstić information content (AvgIpc) is 3.28. The highest BCUT2D eigenvalue weighted by Crippen LogP contribution is 2.33. The number of rotatable bonds is 4. The summed E-state index contributed by atoms with van der Waals surface area (Å²) in [5, 5.41) is 0. The summed E-state index contributed by atoms with van der Waals surface area (Å²) in [5.74, 6) is -0.0874. The largest absolute Gasteiger partial charge is 0.425 e. The molecule has 0 saturated carbocycles. The van der Waals surface area contributed by atoms with Gasteiger partial charge in [-0.25, -0.2) is 4.79 Å². The minimum absolute atomic E-state index is 0.0846. The van der Waals surface area contributed by atoms with E-state index in [4.69, 9.17) is 4.74 Å². The smallest absolute Gasteiger partial charge is 0.416 e. The number of hydrogen-bond donors (Lipinski definition) is 0. The zero-order valence-corrected chi connectivity index (χ0v) is 17.5. The maximum Gasteiger partial charge on any atom is 0.416 e. The van der Waals surface area contributed by atoms with Crippen molar-refractivity contribution in [1.29, 1.82) is 0 Å². The molecule has 7 nitrogen and oxygen atoms in total. The molecule has 0 unspecified atom stereocenters. The van der Waals surface area contributed by atoms with Crippen molar-refractivity contribution >= 4 is 22.5 Å². The zero-order chi connectivity index (χ0) is 22.5. The van der Waals surface area contributed by atoms with Crippen molar-refractivity contribution < 1.29 is 17.9 Å². The van der Waals surface area contributed by atoms with E-state index < -0.39 is 23.0 Å². The molecular formula is C20H17F3N4O3S. The topological polar surface area (TPSA) is 71.1 Å². The Balaban J connectivity index is 1.91. The molecule has 0 bridgehead atoms. The van der Waals surface area contributed by atoms with Crippen LogP contribution in [-0.2, 0) is 26.8 Å². The third-order valence-corrected chi connectivity index (χ3v) is 5.78. The molecule has 0 N–H and O–H groups in total. The molecule has 0 aliphatic heterocycles. The summed E-state index contributed by atoms with van der Waals surface area (Å²) in [5.41, 5.74) is -1.80. The van der Waals surface area contributed by atoms with Gasteiger partial charge in [-0.15, -0.1) is 11.3 Å². The fourth-order valence-electron chi connectivity index (χ4n) is 3.22. The number of alkyl halides is 3. The van der Waals surface area contributed by atoms with Crippen LogP contribution in [0.2, 0.25) is 0 Å². The summed E-state index contributed by atoms with van der Waals surface area (Å²) in [4.78, 5) is 31.4. The standard InChI is InChI=1S/C20H17F3N4O3S/c1-11-7-8-14(31-11)10-27-15-16(25(2)19(29)26(3)17(15)28)24-18(27)30-13-6-4-5-12(9-13)20(21,22)23/h4-9H,10H2,1-3H3. The van der Waals surface area contributed by atoms with Gasteiger partial charge in [0, 0.05) is 23.8 Å². The second kappa shape index (κ2) is 7.41. The first-order chi connectivity index (χ1) is 14.6. The molecule has 3 aromatic heterocycles. The zero-order valence-electron chi connectivity index (χ0n) is 16.7. The van der Waals surface area contributed by atoms with Crippen LogP contribution in [0.4, 0.5) is 13.2 Å². The average molecular weight is 450 g/mol. The van der Waals surface area contributed by atoms with Gasteiger partial charge in [-0.05, 0) is 37.3 Å². The fourth-order valence-corrected chi connectivity index (χ4v) is 4.10. The van der Waals surface area contributed by atoms with Gasteiger partial charge in [-0.1, -0.05) is 6.07 Å². The van der Waals surface area contributed by atoms with Crippen LogP contribution in [0.3, 0.4) is 0 Å². The molecule has 4 aromatic rings. The van der Waals surface area contributed by atoms with E-state index >= 15 is 0 Å². The van der Waals surface area contributed by atoms with Crippen molar-refractivity contribution in [3.8, 4) is 11.8 Å². The van der Waals surface area contributed by atoms with E-state index in [0.717, 1.165) is 26.5 Å². The number of imidazole rings is 1. The Morgan fingerprint density at radius 3 is 2.48 bits per heavy atom. The van der Waals surface area contributed by atoms with Gasteiger partial charge in [-0.2, -0.15) is 18.2 Å². The molecule has 0 amide bonds. The van der Waals surface area contributed by atoms with Gasteiger partial charge in [0.25, 0.3) is 5.56 Å². The van der Waals surface area contributed by atoms with Gasteiger partial charge in [-0.3, -0.25) is 18.5 Å². The predicted molar refractivity (Wildman–Crippen MR) is 110 cm³/mol. The maximum atomic E-state index is 13.1. The molecule has 31 heavy (non-hydrogen) atoms. The highest BCUT2D eigenvalue weighted by Gasteiger charge is 2.31. The van der Waals surface area contributed by atoms with Crippen LogP contribution in [0.25, 0.3) is 11.2 Å². The number of aromatic nitrogens is 4.